The Morgan fingerprint density at radius 3 is 2.47 bits per heavy atom. The van der Waals surface area contributed by atoms with E-state index in [1.807, 2.05) is 0 Å². The van der Waals surface area contributed by atoms with Crippen molar-refractivity contribution in [3.05, 3.63) is 75.2 Å². The molecule has 0 fully saturated rings. The minimum absolute atomic E-state index is 0.0174. The molecule has 0 aliphatic carbocycles. The van der Waals surface area contributed by atoms with E-state index in [2.05, 4.69) is 31.5 Å². The van der Waals surface area contributed by atoms with E-state index in [9.17, 15) is 22.0 Å². The Kier molecular flexibility index (Phi) is 9.66. The Morgan fingerprint density at radius 1 is 1.16 bits per heavy atom. The highest BCUT2D eigenvalue weighted by Gasteiger charge is 2.33. The van der Waals surface area contributed by atoms with Gasteiger partial charge in [0.1, 0.15) is 12.4 Å². The van der Waals surface area contributed by atoms with Crippen LogP contribution in [0.1, 0.15) is 36.7 Å². The SMILES string of the molecule is Cn1c(Nc2cc(CN(N)S(=O)(=O)C(C)(C)C)ccc2Cl)nc2cc(C(=O)Nc3ccc(Br)cc3)c(OCC(F)F)cc21. The van der Waals surface area contributed by atoms with E-state index in [0.717, 1.165) is 8.89 Å². The Balaban J connectivity index is 1.67. The summed E-state index contributed by atoms with van der Waals surface area (Å²) in [5, 5.41) is 6.19. The summed E-state index contributed by atoms with van der Waals surface area (Å²) in [6, 6.07) is 14.7. The van der Waals surface area contributed by atoms with Crippen LogP contribution in [0.5, 0.6) is 5.75 Å². The molecule has 43 heavy (non-hydrogen) atoms. The number of alkyl halides is 2. The standard InChI is InChI=1S/C28H30BrClF2N6O4S/c1-28(2,3)43(40,41)38(33)14-16-5-10-20(30)21(11-16)35-27-36-22-12-19(26(39)34-18-8-6-17(29)7-9-18)24(42-15-25(31)32)13-23(22)37(27)4/h5-13,25H,14-15,33H2,1-4H3,(H,34,39)(H,35,36). The van der Waals surface area contributed by atoms with E-state index in [4.69, 9.17) is 22.2 Å². The molecule has 0 saturated carbocycles. The van der Waals surface area contributed by atoms with Crippen LogP contribution in [0, 0.1) is 0 Å². The van der Waals surface area contributed by atoms with Crippen LogP contribution >= 0.6 is 27.5 Å². The Bertz CT molecular complexity index is 1760. The van der Waals surface area contributed by atoms with Crippen LogP contribution in [0.4, 0.5) is 26.1 Å². The maximum atomic E-state index is 13.2. The number of benzene rings is 3. The molecule has 0 bridgehead atoms. The number of anilines is 3. The Labute approximate surface area is 261 Å². The van der Waals surface area contributed by atoms with Gasteiger partial charge in [-0.3, -0.25) is 10.6 Å². The number of amides is 1. The number of hydrogen-bond acceptors (Lipinski definition) is 7. The number of ether oxygens (including phenoxy) is 1. The number of hydrazine groups is 1. The third-order valence-corrected chi connectivity index (χ3v) is 9.54. The molecule has 10 nitrogen and oxygen atoms in total. The predicted molar refractivity (Wildman–Crippen MR) is 167 cm³/mol. The van der Waals surface area contributed by atoms with Gasteiger partial charge >= 0.3 is 0 Å². The van der Waals surface area contributed by atoms with Crippen molar-refractivity contribution in [2.45, 2.75) is 38.5 Å². The van der Waals surface area contributed by atoms with Gasteiger partial charge in [0.2, 0.25) is 16.0 Å². The highest BCUT2D eigenvalue weighted by Crippen LogP contribution is 2.32. The number of halogens is 4. The molecule has 4 aromatic rings. The molecule has 1 amide bonds. The van der Waals surface area contributed by atoms with Crippen LogP contribution in [-0.2, 0) is 23.6 Å². The average molecular weight is 700 g/mol. The van der Waals surface area contributed by atoms with Crippen LogP contribution in [0.15, 0.2) is 59.1 Å². The summed E-state index contributed by atoms with van der Waals surface area (Å²) in [4.78, 5) is 17.8. The molecule has 230 valence electrons. The lowest BCUT2D eigenvalue weighted by molar-refractivity contribution is 0.0804. The van der Waals surface area contributed by atoms with E-state index in [-0.39, 0.29) is 17.9 Å². The summed E-state index contributed by atoms with van der Waals surface area (Å²) in [6.07, 6.45) is -2.75. The third-order valence-electron chi connectivity index (χ3n) is 6.39. The van der Waals surface area contributed by atoms with Crippen LogP contribution in [0.3, 0.4) is 0 Å². The van der Waals surface area contributed by atoms with E-state index >= 15 is 0 Å². The molecule has 0 aliphatic heterocycles. The van der Waals surface area contributed by atoms with E-state index in [1.165, 1.54) is 12.1 Å². The summed E-state index contributed by atoms with van der Waals surface area (Å²) >= 11 is 9.77. The second kappa shape index (κ2) is 12.7. The number of nitrogens with zero attached hydrogens (tertiary/aromatic N) is 3. The van der Waals surface area contributed by atoms with Gasteiger partial charge in [0.15, 0.2) is 0 Å². The second-order valence-corrected chi connectivity index (χ2v) is 14.6. The van der Waals surface area contributed by atoms with Crippen molar-refractivity contribution < 1.29 is 26.7 Å². The van der Waals surface area contributed by atoms with Gasteiger partial charge in [0.05, 0.1) is 38.6 Å². The van der Waals surface area contributed by atoms with Crippen molar-refractivity contribution in [2.75, 3.05) is 17.2 Å². The van der Waals surface area contributed by atoms with Gasteiger partial charge < -0.3 is 19.9 Å². The predicted octanol–water partition coefficient (Wildman–Crippen LogP) is 6.43. The number of aryl methyl sites for hydroxylation is 1. The lowest BCUT2D eigenvalue weighted by atomic mass is 10.1. The maximum absolute atomic E-state index is 13.2. The molecule has 1 heterocycles. The van der Waals surface area contributed by atoms with Crippen LogP contribution < -0.4 is 21.2 Å². The molecule has 4 N–H and O–H groups in total. The first-order chi connectivity index (χ1) is 20.1. The zero-order chi connectivity index (χ0) is 31.7. The fraction of sp³-hybridized carbons (Fsp3) is 0.286. The van der Waals surface area contributed by atoms with Crippen LogP contribution in [0.2, 0.25) is 5.02 Å². The van der Waals surface area contributed by atoms with Gasteiger partial charge in [-0.05, 0) is 68.8 Å². The fourth-order valence-corrected chi connectivity index (χ4v) is 5.47. The minimum atomic E-state index is -3.78. The average Bonchev–Trinajstić information content (AvgIpc) is 3.23. The molecule has 0 saturated heterocycles. The third kappa shape index (κ3) is 7.44. The number of carbonyl (C=O) groups excluding carboxylic acids is 1. The number of nitrogens with one attached hydrogen (secondary N) is 2. The molecule has 3 aromatic carbocycles. The van der Waals surface area contributed by atoms with Crippen molar-refractivity contribution >= 4 is 71.8 Å². The number of rotatable bonds is 10. The van der Waals surface area contributed by atoms with Crippen molar-refractivity contribution in [1.29, 1.82) is 0 Å². The number of carbonyl (C=O) groups is 1. The van der Waals surface area contributed by atoms with Crippen LogP contribution in [0.25, 0.3) is 11.0 Å². The first-order valence-corrected chi connectivity index (χ1v) is 15.5. The maximum Gasteiger partial charge on any atom is 0.272 e. The summed E-state index contributed by atoms with van der Waals surface area (Å²) in [5.41, 5.74) is 2.37. The monoisotopic (exact) mass is 698 g/mol. The lowest BCUT2D eigenvalue weighted by Gasteiger charge is -2.26. The molecule has 1 aromatic heterocycles. The molecule has 0 atom stereocenters. The highest BCUT2D eigenvalue weighted by atomic mass is 79.9. The molecule has 0 aliphatic rings. The molecule has 0 radical (unpaired) electrons. The van der Waals surface area contributed by atoms with Gasteiger partial charge in [-0.25, -0.2) is 22.2 Å². The molecule has 0 spiro atoms. The zero-order valence-corrected chi connectivity index (χ0v) is 26.8. The number of hydrogen-bond donors (Lipinski definition) is 3. The molecular formula is C28H30BrClF2N6O4S. The van der Waals surface area contributed by atoms with Gasteiger partial charge in [-0.2, -0.15) is 0 Å². The lowest BCUT2D eigenvalue weighted by Crippen LogP contribution is -2.46. The van der Waals surface area contributed by atoms with E-state index in [1.54, 1.807) is 74.9 Å². The van der Waals surface area contributed by atoms with Gasteiger partial charge in [0, 0.05) is 23.3 Å². The van der Waals surface area contributed by atoms with Crippen molar-refractivity contribution in [3.63, 3.8) is 0 Å². The summed E-state index contributed by atoms with van der Waals surface area (Å²) in [5.74, 6) is 5.62. The first kappa shape index (κ1) is 32.6. The smallest absolute Gasteiger partial charge is 0.272 e. The largest absolute Gasteiger partial charge is 0.487 e. The Hall–Kier alpha value is -3.30. The van der Waals surface area contributed by atoms with E-state index < -0.39 is 33.7 Å². The molecule has 15 heteroatoms. The van der Waals surface area contributed by atoms with Crippen molar-refractivity contribution in [2.24, 2.45) is 12.9 Å². The summed E-state index contributed by atoms with van der Waals surface area (Å²) in [7, 11) is -2.09. The second-order valence-electron chi connectivity index (χ2n) is 10.6. The molecule has 0 unspecified atom stereocenters. The Morgan fingerprint density at radius 2 is 1.84 bits per heavy atom. The summed E-state index contributed by atoms with van der Waals surface area (Å²) in [6.45, 7) is 3.67. The fourth-order valence-electron chi connectivity index (χ4n) is 4.02. The highest BCUT2D eigenvalue weighted by molar-refractivity contribution is 9.10. The number of aromatic nitrogens is 2. The van der Waals surface area contributed by atoms with E-state index in [0.29, 0.717) is 38.9 Å². The van der Waals surface area contributed by atoms with Gasteiger partial charge in [0.25, 0.3) is 12.3 Å². The first-order valence-electron chi connectivity index (χ1n) is 12.9. The van der Waals surface area contributed by atoms with Crippen molar-refractivity contribution in [3.8, 4) is 5.75 Å². The van der Waals surface area contributed by atoms with Crippen molar-refractivity contribution in [1.82, 2.24) is 14.0 Å². The topological polar surface area (TPSA) is 132 Å². The number of sulfonamides is 1. The quantitative estimate of drug-likeness (QED) is 0.128. The zero-order valence-electron chi connectivity index (χ0n) is 23.7. The van der Waals surface area contributed by atoms with Gasteiger partial charge in [-0.1, -0.05) is 33.6 Å². The molecule has 4 rings (SSSR count). The number of fused-ring (bicyclic) bond motifs is 1. The number of imidazole rings is 1. The van der Waals surface area contributed by atoms with Gasteiger partial charge in [-0.15, -0.1) is 4.41 Å². The molecular weight excluding hydrogens is 670 g/mol. The minimum Gasteiger partial charge on any atom is -0.487 e. The van der Waals surface area contributed by atoms with Crippen LogP contribution in [-0.4, -0.2) is 46.1 Å². The number of nitrogens with two attached hydrogens (primary N) is 1. The normalized spacial score (nSPS) is 12.3. The summed E-state index contributed by atoms with van der Waals surface area (Å²) < 4.78 is 59.0.